The van der Waals surface area contributed by atoms with Crippen molar-refractivity contribution in [3.05, 3.63) is 5.51 Å². The molecule has 9 heteroatoms. The number of amides is 2. The second-order valence-corrected chi connectivity index (χ2v) is 2.93. The molecule has 64 valence electrons. The Kier molecular flexibility index (Phi) is 2.82. The first-order valence-corrected chi connectivity index (χ1v) is 4.48. The van der Waals surface area contributed by atoms with Gasteiger partial charge in [-0.2, -0.15) is 8.42 Å². The third-order valence-corrected chi connectivity index (χ3v) is 1.65. The summed E-state index contributed by atoms with van der Waals surface area (Å²) in [5, 5.41) is 9.15. The zero-order valence-corrected chi connectivity index (χ0v) is 7.09. The third-order valence-electron chi connectivity index (χ3n) is 0.731. The number of urea groups is 1. The van der Waals surface area contributed by atoms with Crippen LogP contribution in [0.4, 0.5) is 9.93 Å². The Balaban J connectivity index is 2.66. The quantitative estimate of drug-likeness (QED) is 0.703. The highest BCUT2D eigenvalue weighted by molar-refractivity contribution is 7.62. The summed E-state index contributed by atoms with van der Waals surface area (Å²) in [4.78, 5) is 10.6. The number of nitrogens with zero attached hydrogens (tertiary/aromatic N) is 3. The van der Waals surface area contributed by atoms with Gasteiger partial charge < -0.3 is 0 Å². The van der Waals surface area contributed by atoms with Gasteiger partial charge in [-0.05, 0) is 0 Å². The summed E-state index contributed by atoms with van der Waals surface area (Å²) in [6.45, 7) is 0. The number of rotatable bonds is 1. The first-order chi connectivity index (χ1) is 5.68. The van der Waals surface area contributed by atoms with E-state index in [2.05, 4.69) is 19.9 Å². The molecule has 7 nitrogen and oxygen atoms in total. The van der Waals surface area contributed by atoms with Gasteiger partial charge in [0.25, 0.3) is 0 Å². The third kappa shape index (κ3) is 2.72. The molecule has 1 aromatic heterocycles. The van der Waals surface area contributed by atoms with Crippen LogP contribution in [0.25, 0.3) is 0 Å². The summed E-state index contributed by atoms with van der Waals surface area (Å²) >= 11 is 1.06. The maximum atomic E-state index is 10.6. The minimum Gasteiger partial charge on any atom is -0.279 e. The van der Waals surface area contributed by atoms with E-state index in [4.69, 9.17) is 0 Å². The van der Waals surface area contributed by atoms with Crippen LogP contribution >= 0.6 is 11.3 Å². The van der Waals surface area contributed by atoms with Gasteiger partial charge in [0.15, 0.2) is 0 Å². The minimum absolute atomic E-state index is 0.203. The lowest BCUT2D eigenvalue weighted by atomic mass is 11.0. The normalized spacial score (nSPS) is 9.00. The number of hydrogen-bond donors (Lipinski definition) is 1. The van der Waals surface area contributed by atoms with Crippen LogP contribution in [-0.2, 0) is 10.5 Å². The van der Waals surface area contributed by atoms with Gasteiger partial charge in [-0.3, -0.25) is 5.32 Å². The van der Waals surface area contributed by atoms with Gasteiger partial charge in [0.1, 0.15) is 5.51 Å². The van der Waals surface area contributed by atoms with Crippen molar-refractivity contribution in [1.82, 2.24) is 10.2 Å². The molecule has 0 bridgehead atoms. The Morgan fingerprint density at radius 1 is 1.67 bits per heavy atom. The molecule has 0 spiro atoms. The van der Waals surface area contributed by atoms with Gasteiger partial charge in [-0.15, -0.1) is 10.2 Å². The summed E-state index contributed by atoms with van der Waals surface area (Å²) in [6.07, 6.45) is 0. The molecule has 12 heavy (non-hydrogen) atoms. The van der Waals surface area contributed by atoms with E-state index in [1.165, 1.54) is 5.51 Å². The van der Waals surface area contributed by atoms with Crippen molar-refractivity contribution in [2.45, 2.75) is 0 Å². The van der Waals surface area contributed by atoms with Crippen LogP contribution in [0.15, 0.2) is 9.87 Å². The Morgan fingerprint density at radius 2 is 2.42 bits per heavy atom. The summed E-state index contributed by atoms with van der Waals surface area (Å²) in [7, 11) is -2.74. The molecule has 2 amide bonds. The Bertz CT molecular complexity index is 385. The monoisotopic (exact) mass is 206 g/mol. The molecule has 1 aromatic rings. The molecular weight excluding hydrogens is 204 g/mol. The van der Waals surface area contributed by atoms with Gasteiger partial charge in [0, 0.05) is 0 Å². The molecule has 0 radical (unpaired) electrons. The predicted octanol–water partition coefficient (Wildman–Crippen LogP) is 0.133. The van der Waals surface area contributed by atoms with E-state index in [-0.39, 0.29) is 5.13 Å². The van der Waals surface area contributed by atoms with E-state index in [1.807, 2.05) is 0 Å². The first kappa shape index (κ1) is 8.74. The number of aromatic nitrogens is 2. The first-order valence-electron chi connectivity index (χ1n) is 2.57. The topological polar surface area (TPSA) is 101 Å². The smallest absolute Gasteiger partial charge is 0.279 e. The van der Waals surface area contributed by atoms with Crippen LogP contribution in [0, 0.1) is 0 Å². The standard InChI is InChI=1S/C3H2N4O3S2/c8-2(7-12(9)10)5-3-6-4-1-11-3/h1H,(H,5,6,8). The van der Waals surface area contributed by atoms with Crippen LogP contribution in [0.5, 0.6) is 0 Å². The molecule has 0 aromatic carbocycles. The van der Waals surface area contributed by atoms with Crippen molar-refractivity contribution >= 4 is 33.0 Å². The molecule has 0 aliphatic rings. The lowest BCUT2D eigenvalue weighted by molar-refractivity contribution is 0.260. The highest BCUT2D eigenvalue weighted by atomic mass is 32.2. The number of anilines is 1. The lowest BCUT2D eigenvalue weighted by Crippen LogP contribution is -2.05. The fraction of sp³-hybridized carbons (Fsp3) is 0. The van der Waals surface area contributed by atoms with Crippen LogP contribution < -0.4 is 5.32 Å². The molecule has 0 aliphatic carbocycles. The van der Waals surface area contributed by atoms with E-state index in [9.17, 15) is 13.2 Å². The summed E-state index contributed by atoms with van der Waals surface area (Å²) in [6, 6.07) is -0.986. The van der Waals surface area contributed by atoms with Crippen molar-refractivity contribution < 1.29 is 13.2 Å². The van der Waals surface area contributed by atoms with Gasteiger partial charge in [-0.1, -0.05) is 15.7 Å². The highest BCUT2D eigenvalue weighted by Gasteiger charge is 2.01. The molecule has 0 saturated carbocycles. The number of nitrogens with one attached hydrogen (secondary N) is 1. The maximum absolute atomic E-state index is 10.6. The summed E-state index contributed by atoms with van der Waals surface area (Å²) in [5.41, 5.74) is 1.39. The average Bonchev–Trinajstić information content (AvgIpc) is 2.37. The van der Waals surface area contributed by atoms with Crippen molar-refractivity contribution in [2.75, 3.05) is 5.32 Å². The maximum Gasteiger partial charge on any atom is 0.362 e. The molecular formula is C3H2N4O3S2. The number of carbonyl (C=O) groups excluding carboxylic acids is 1. The second kappa shape index (κ2) is 3.88. The van der Waals surface area contributed by atoms with E-state index in [0.29, 0.717) is 0 Å². The van der Waals surface area contributed by atoms with Gasteiger partial charge >= 0.3 is 16.5 Å². The summed E-state index contributed by atoms with van der Waals surface area (Å²) < 4.78 is 22.4. The van der Waals surface area contributed by atoms with E-state index in [0.717, 1.165) is 11.3 Å². The SMILES string of the molecule is O=C(N=S(=O)=O)Nc1nncs1. The van der Waals surface area contributed by atoms with Crippen LogP contribution in [-0.4, -0.2) is 24.6 Å². The molecule has 1 rings (SSSR count). The number of carbonyl (C=O) groups is 1. The molecule has 1 heterocycles. The zero-order chi connectivity index (χ0) is 8.97. The van der Waals surface area contributed by atoms with Crippen molar-refractivity contribution in [3.8, 4) is 0 Å². The van der Waals surface area contributed by atoms with Crippen molar-refractivity contribution in [1.29, 1.82) is 0 Å². The van der Waals surface area contributed by atoms with E-state index in [1.54, 1.807) is 0 Å². The van der Waals surface area contributed by atoms with Gasteiger partial charge in [0.05, 0.1) is 0 Å². The predicted molar refractivity (Wildman–Crippen MR) is 40.3 cm³/mol. The molecule has 0 aliphatic heterocycles. The Hall–Kier alpha value is -1.35. The molecule has 0 saturated heterocycles. The molecule has 0 unspecified atom stereocenters. The van der Waals surface area contributed by atoms with Crippen molar-refractivity contribution in [2.24, 2.45) is 4.36 Å². The fourth-order valence-corrected chi connectivity index (χ4v) is 1.03. The molecule has 1 N–H and O–H groups in total. The highest BCUT2D eigenvalue weighted by Crippen LogP contribution is 2.07. The second-order valence-electron chi connectivity index (χ2n) is 1.48. The van der Waals surface area contributed by atoms with Crippen LogP contribution in [0.3, 0.4) is 0 Å². The molecule has 0 atom stereocenters. The lowest BCUT2D eigenvalue weighted by Gasteiger charge is -1.88. The van der Waals surface area contributed by atoms with Gasteiger partial charge in [-0.25, -0.2) is 4.79 Å². The van der Waals surface area contributed by atoms with E-state index < -0.39 is 16.5 Å². The Labute approximate surface area is 72.1 Å². The zero-order valence-electron chi connectivity index (χ0n) is 5.46. The van der Waals surface area contributed by atoms with Crippen LogP contribution in [0.2, 0.25) is 0 Å². The minimum atomic E-state index is -2.74. The number of hydrogen-bond acceptors (Lipinski definition) is 6. The average molecular weight is 206 g/mol. The van der Waals surface area contributed by atoms with E-state index >= 15 is 0 Å². The Morgan fingerprint density at radius 3 is 2.92 bits per heavy atom. The summed E-state index contributed by atoms with van der Waals surface area (Å²) in [5.74, 6) is 0. The molecule has 0 fully saturated rings. The van der Waals surface area contributed by atoms with Gasteiger partial charge in [0.2, 0.25) is 5.13 Å². The largest absolute Gasteiger partial charge is 0.362 e. The van der Waals surface area contributed by atoms with Crippen molar-refractivity contribution in [3.63, 3.8) is 0 Å². The van der Waals surface area contributed by atoms with Crippen LogP contribution in [0.1, 0.15) is 0 Å². The fourth-order valence-electron chi connectivity index (χ4n) is 0.410.